The Hall–Kier alpha value is -2.74. The van der Waals surface area contributed by atoms with Crippen LogP contribution in [0.2, 0.25) is 0 Å². The zero-order chi connectivity index (χ0) is 18.6. The number of thiophene rings is 1. The highest BCUT2D eigenvalue weighted by Crippen LogP contribution is 2.19. The molecular weight excluding hydrogens is 344 g/mol. The molecule has 0 spiro atoms. The summed E-state index contributed by atoms with van der Waals surface area (Å²) in [5.74, 6) is -1.67. The maximum Gasteiger partial charge on any atom is 0.325 e. The molecule has 0 radical (unpaired) electrons. The van der Waals surface area contributed by atoms with E-state index < -0.39 is 18.4 Å². The van der Waals surface area contributed by atoms with Crippen molar-refractivity contribution in [1.29, 1.82) is 0 Å². The number of esters is 1. The van der Waals surface area contributed by atoms with Gasteiger partial charge in [-0.2, -0.15) is 0 Å². The van der Waals surface area contributed by atoms with E-state index >= 15 is 0 Å². The van der Waals surface area contributed by atoms with E-state index in [-0.39, 0.29) is 23.9 Å². The van der Waals surface area contributed by atoms with Gasteiger partial charge in [0.15, 0.2) is 12.4 Å². The van der Waals surface area contributed by atoms with Gasteiger partial charge in [-0.15, -0.1) is 11.3 Å². The third kappa shape index (κ3) is 4.42. The molecule has 2 N–H and O–H groups in total. The Morgan fingerprint density at radius 3 is 2.52 bits per heavy atom. The van der Waals surface area contributed by atoms with Crippen molar-refractivity contribution in [2.24, 2.45) is 0 Å². The lowest BCUT2D eigenvalue weighted by atomic mass is 10.1. The maximum absolute atomic E-state index is 12.2. The molecule has 1 amide bonds. The first-order valence-corrected chi connectivity index (χ1v) is 8.39. The molecule has 0 saturated heterocycles. The van der Waals surface area contributed by atoms with Crippen molar-refractivity contribution < 1.29 is 23.9 Å². The number of ketones is 2. The normalized spacial score (nSPS) is 10.4. The molecule has 25 heavy (non-hydrogen) atoms. The van der Waals surface area contributed by atoms with Crippen LogP contribution in [0.1, 0.15) is 48.7 Å². The molecule has 0 bridgehead atoms. The second-order valence-electron chi connectivity index (χ2n) is 5.43. The number of amides is 1. The Balaban J connectivity index is 1.87. The van der Waals surface area contributed by atoms with Gasteiger partial charge in [-0.1, -0.05) is 6.07 Å². The predicted octanol–water partition coefficient (Wildman–Crippen LogP) is 2.05. The number of rotatable bonds is 7. The first kappa shape index (κ1) is 18.6. The van der Waals surface area contributed by atoms with Crippen molar-refractivity contribution in [3.63, 3.8) is 0 Å². The van der Waals surface area contributed by atoms with E-state index in [1.165, 1.54) is 18.3 Å². The summed E-state index contributed by atoms with van der Waals surface area (Å²) in [5, 5.41) is 4.17. The lowest BCUT2D eigenvalue weighted by Crippen LogP contribution is -2.31. The SMILES string of the molecule is CC(=O)c1c(C)[nH]c(C(=O)COC(=O)CNC(=O)c2cccs2)c1C. The van der Waals surface area contributed by atoms with Gasteiger partial charge < -0.3 is 15.0 Å². The van der Waals surface area contributed by atoms with Crippen LogP contribution in [0.25, 0.3) is 0 Å². The molecule has 0 aliphatic carbocycles. The van der Waals surface area contributed by atoms with Gasteiger partial charge in [-0.3, -0.25) is 19.2 Å². The van der Waals surface area contributed by atoms with E-state index in [0.29, 0.717) is 21.7 Å². The third-order valence-electron chi connectivity index (χ3n) is 3.57. The average Bonchev–Trinajstić information content (AvgIpc) is 3.18. The minimum Gasteiger partial charge on any atom is -0.456 e. The fourth-order valence-corrected chi connectivity index (χ4v) is 3.11. The molecule has 7 nitrogen and oxygen atoms in total. The van der Waals surface area contributed by atoms with Crippen molar-refractivity contribution in [1.82, 2.24) is 10.3 Å². The fraction of sp³-hybridized carbons (Fsp3) is 0.294. The third-order valence-corrected chi connectivity index (χ3v) is 4.44. The number of aryl methyl sites for hydroxylation is 1. The van der Waals surface area contributed by atoms with Gasteiger partial charge in [-0.25, -0.2) is 0 Å². The number of carbonyl (C=O) groups is 4. The molecule has 2 aromatic rings. The average molecular weight is 362 g/mol. The van der Waals surface area contributed by atoms with Gasteiger partial charge in [-0.05, 0) is 37.8 Å². The molecule has 8 heteroatoms. The molecule has 0 aliphatic rings. The number of carbonyl (C=O) groups excluding carboxylic acids is 4. The largest absolute Gasteiger partial charge is 0.456 e. The Morgan fingerprint density at radius 1 is 1.24 bits per heavy atom. The smallest absolute Gasteiger partial charge is 0.325 e. The van der Waals surface area contributed by atoms with Crippen LogP contribution in [0, 0.1) is 13.8 Å². The number of Topliss-reactive ketones (excluding diaryl/α,β-unsaturated/α-hetero) is 2. The molecule has 132 valence electrons. The Labute approximate surface area is 148 Å². The first-order chi connectivity index (χ1) is 11.8. The first-order valence-electron chi connectivity index (χ1n) is 7.52. The number of H-pyrrole nitrogens is 1. The van der Waals surface area contributed by atoms with E-state index in [4.69, 9.17) is 4.74 Å². The number of aromatic amines is 1. The summed E-state index contributed by atoms with van der Waals surface area (Å²) < 4.78 is 4.89. The number of aromatic nitrogens is 1. The van der Waals surface area contributed by atoms with Crippen molar-refractivity contribution in [2.45, 2.75) is 20.8 Å². The molecule has 2 rings (SSSR count). The van der Waals surface area contributed by atoms with Crippen LogP contribution in [0.4, 0.5) is 0 Å². The van der Waals surface area contributed by atoms with Gasteiger partial charge in [0, 0.05) is 11.3 Å². The molecule has 0 aliphatic heterocycles. The van der Waals surface area contributed by atoms with E-state index in [0.717, 1.165) is 0 Å². The van der Waals surface area contributed by atoms with Crippen LogP contribution in [-0.4, -0.2) is 41.6 Å². The molecule has 2 aromatic heterocycles. The highest BCUT2D eigenvalue weighted by atomic mass is 32.1. The fourth-order valence-electron chi connectivity index (χ4n) is 2.47. The van der Waals surface area contributed by atoms with Crippen LogP contribution in [0.15, 0.2) is 17.5 Å². The monoisotopic (exact) mass is 362 g/mol. The van der Waals surface area contributed by atoms with Gasteiger partial charge in [0.1, 0.15) is 6.54 Å². The lowest BCUT2D eigenvalue weighted by Gasteiger charge is -2.05. The Bertz CT molecular complexity index is 820. The standard InChI is InChI=1S/C17H18N2O5S/c1-9-15(11(3)20)10(2)19-16(9)12(21)8-24-14(22)7-18-17(23)13-5-4-6-25-13/h4-6,19H,7-8H2,1-3H3,(H,18,23). The second-order valence-corrected chi connectivity index (χ2v) is 6.37. The van der Waals surface area contributed by atoms with Gasteiger partial charge >= 0.3 is 5.97 Å². The van der Waals surface area contributed by atoms with Crippen LogP contribution < -0.4 is 5.32 Å². The molecule has 0 atom stereocenters. The van der Waals surface area contributed by atoms with Crippen LogP contribution >= 0.6 is 11.3 Å². The number of ether oxygens (including phenoxy) is 1. The van der Waals surface area contributed by atoms with Crippen molar-refractivity contribution in [2.75, 3.05) is 13.2 Å². The summed E-state index contributed by atoms with van der Waals surface area (Å²) in [6.45, 7) is 3.99. The van der Waals surface area contributed by atoms with E-state index in [2.05, 4.69) is 10.3 Å². The lowest BCUT2D eigenvalue weighted by molar-refractivity contribution is -0.141. The highest BCUT2D eigenvalue weighted by molar-refractivity contribution is 7.12. The minimum absolute atomic E-state index is 0.140. The number of nitrogens with one attached hydrogen (secondary N) is 2. The zero-order valence-electron chi connectivity index (χ0n) is 14.1. The van der Waals surface area contributed by atoms with Crippen LogP contribution in [0.5, 0.6) is 0 Å². The minimum atomic E-state index is -0.717. The van der Waals surface area contributed by atoms with Gasteiger partial charge in [0.05, 0.1) is 10.6 Å². The van der Waals surface area contributed by atoms with Crippen LogP contribution in [-0.2, 0) is 9.53 Å². The summed E-state index contributed by atoms with van der Waals surface area (Å²) in [6, 6.07) is 3.37. The topological polar surface area (TPSA) is 105 Å². The molecular formula is C17H18N2O5S. The van der Waals surface area contributed by atoms with E-state index in [9.17, 15) is 19.2 Å². The van der Waals surface area contributed by atoms with Crippen LogP contribution in [0.3, 0.4) is 0 Å². The number of hydrogen-bond acceptors (Lipinski definition) is 6. The van der Waals surface area contributed by atoms with Gasteiger partial charge in [0.25, 0.3) is 5.91 Å². The summed E-state index contributed by atoms with van der Waals surface area (Å²) in [5.41, 5.74) is 1.86. The quantitative estimate of drug-likeness (QED) is 0.579. The summed E-state index contributed by atoms with van der Waals surface area (Å²) >= 11 is 1.26. The van der Waals surface area contributed by atoms with E-state index in [1.54, 1.807) is 31.4 Å². The van der Waals surface area contributed by atoms with Gasteiger partial charge in [0.2, 0.25) is 5.78 Å². The summed E-state index contributed by atoms with van der Waals surface area (Å²) in [6.07, 6.45) is 0. The molecule has 0 fully saturated rings. The maximum atomic E-state index is 12.2. The van der Waals surface area contributed by atoms with E-state index in [1.807, 2.05) is 0 Å². The predicted molar refractivity (Wildman–Crippen MR) is 92.2 cm³/mol. The highest BCUT2D eigenvalue weighted by Gasteiger charge is 2.20. The Kier molecular flexibility index (Phi) is 5.87. The molecule has 2 heterocycles. The molecule has 0 saturated carbocycles. The zero-order valence-corrected chi connectivity index (χ0v) is 14.9. The number of hydrogen-bond donors (Lipinski definition) is 2. The molecule has 0 aromatic carbocycles. The Morgan fingerprint density at radius 2 is 1.96 bits per heavy atom. The molecule has 0 unspecified atom stereocenters. The summed E-state index contributed by atoms with van der Waals surface area (Å²) in [4.78, 5) is 50.5. The second kappa shape index (κ2) is 7.89. The van der Waals surface area contributed by atoms with Crippen molar-refractivity contribution in [3.8, 4) is 0 Å². The summed E-state index contributed by atoms with van der Waals surface area (Å²) in [7, 11) is 0. The van der Waals surface area contributed by atoms with Crippen molar-refractivity contribution >= 4 is 34.8 Å². The van der Waals surface area contributed by atoms with Crippen molar-refractivity contribution in [3.05, 3.63) is 44.9 Å².